The molecule has 0 fully saturated rings. The second kappa shape index (κ2) is 2.42. The minimum Gasteiger partial charge on any atom is -0.293 e. The average molecular weight is 188 g/mol. The van der Waals surface area contributed by atoms with Crippen molar-refractivity contribution in [2.45, 2.75) is 5.92 Å². The van der Waals surface area contributed by atoms with E-state index in [4.69, 9.17) is 0 Å². The van der Waals surface area contributed by atoms with Gasteiger partial charge in [-0.15, -0.1) is 11.3 Å². The zero-order chi connectivity index (χ0) is 8.84. The molecule has 3 rings (SSSR count). The maximum Gasteiger partial charge on any atom is 0.180 e. The van der Waals surface area contributed by atoms with Gasteiger partial charge in [-0.3, -0.25) is 4.79 Å². The summed E-state index contributed by atoms with van der Waals surface area (Å²) in [5, 5.41) is 2.00. The fourth-order valence-corrected chi connectivity index (χ4v) is 3.03. The van der Waals surface area contributed by atoms with Crippen molar-refractivity contribution < 1.29 is 4.79 Å². The van der Waals surface area contributed by atoms with Crippen molar-refractivity contribution in [3.8, 4) is 0 Å². The Bertz CT molecular complexity index is 425. The summed E-state index contributed by atoms with van der Waals surface area (Å²) in [5.74, 6) is 0.710. The monoisotopic (exact) mass is 188 g/mol. The van der Waals surface area contributed by atoms with Gasteiger partial charge in [0.15, 0.2) is 5.78 Å². The molecular formula is C11H8OS. The van der Waals surface area contributed by atoms with Crippen LogP contribution in [-0.2, 0) is 0 Å². The first kappa shape index (κ1) is 7.27. The standard InChI is InChI=1S/C11H8OS/c12-10-8-4-2-1-3-7(8)9-5-6-13-11(9)10/h1-8H. The molecule has 0 saturated carbocycles. The van der Waals surface area contributed by atoms with Gasteiger partial charge in [0.05, 0.1) is 10.8 Å². The molecule has 13 heavy (non-hydrogen) atoms. The SMILES string of the molecule is O=C1c2sccc2C2C=CC=CC12. The number of thiophene rings is 1. The normalized spacial score (nSPS) is 29.1. The molecule has 0 N–H and O–H groups in total. The number of rotatable bonds is 0. The van der Waals surface area contributed by atoms with Crippen LogP contribution in [0.15, 0.2) is 35.8 Å². The third kappa shape index (κ3) is 0.838. The zero-order valence-corrected chi connectivity index (χ0v) is 7.75. The lowest BCUT2D eigenvalue weighted by molar-refractivity contribution is 0.0958. The highest BCUT2D eigenvalue weighted by Gasteiger charge is 2.38. The maximum absolute atomic E-state index is 11.8. The van der Waals surface area contributed by atoms with Crippen LogP contribution in [0, 0.1) is 5.92 Å². The van der Waals surface area contributed by atoms with Crippen molar-refractivity contribution in [1.82, 2.24) is 0 Å². The van der Waals surface area contributed by atoms with Crippen molar-refractivity contribution in [3.05, 3.63) is 46.2 Å². The van der Waals surface area contributed by atoms with Gasteiger partial charge in [-0.2, -0.15) is 0 Å². The Hall–Kier alpha value is -1.15. The molecule has 0 spiro atoms. The van der Waals surface area contributed by atoms with Gasteiger partial charge in [0.1, 0.15) is 0 Å². The van der Waals surface area contributed by atoms with Crippen LogP contribution < -0.4 is 0 Å². The van der Waals surface area contributed by atoms with Crippen molar-refractivity contribution in [2.24, 2.45) is 5.92 Å². The van der Waals surface area contributed by atoms with Gasteiger partial charge in [0, 0.05) is 5.92 Å². The first-order valence-electron chi connectivity index (χ1n) is 4.34. The lowest BCUT2D eigenvalue weighted by atomic mass is 9.89. The highest BCUT2D eigenvalue weighted by molar-refractivity contribution is 7.12. The smallest absolute Gasteiger partial charge is 0.180 e. The van der Waals surface area contributed by atoms with E-state index in [1.807, 2.05) is 23.6 Å². The van der Waals surface area contributed by atoms with E-state index in [-0.39, 0.29) is 5.92 Å². The van der Waals surface area contributed by atoms with Crippen LogP contribution in [-0.4, -0.2) is 5.78 Å². The van der Waals surface area contributed by atoms with E-state index in [1.165, 1.54) is 5.56 Å². The maximum atomic E-state index is 11.8. The molecule has 2 atom stereocenters. The summed E-state index contributed by atoms with van der Waals surface area (Å²) in [6.07, 6.45) is 8.14. The summed E-state index contributed by atoms with van der Waals surface area (Å²) in [6, 6.07) is 2.08. The first-order valence-corrected chi connectivity index (χ1v) is 5.22. The van der Waals surface area contributed by atoms with Gasteiger partial charge in [-0.25, -0.2) is 0 Å². The number of hydrogen-bond acceptors (Lipinski definition) is 2. The molecule has 2 aliphatic rings. The fraction of sp³-hybridized carbons (Fsp3) is 0.182. The Balaban J connectivity index is 2.20. The topological polar surface area (TPSA) is 17.1 Å². The Morgan fingerprint density at radius 2 is 1.92 bits per heavy atom. The van der Waals surface area contributed by atoms with E-state index in [1.54, 1.807) is 11.3 Å². The molecule has 0 aromatic carbocycles. The lowest BCUT2D eigenvalue weighted by Gasteiger charge is -2.13. The van der Waals surface area contributed by atoms with Crippen LogP contribution in [0.1, 0.15) is 21.2 Å². The van der Waals surface area contributed by atoms with Crippen molar-refractivity contribution in [1.29, 1.82) is 0 Å². The van der Waals surface area contributed by atoms with E-state index in [0.29, 0.717) is 11.7 Å². The van der Waals surface area contributed by atoms with Gasteiger partial charge >= 0.3 is 0 Å². The third-order valence-electron chi connectivity index (χ3n) is 2.72. The van der Waals surface area contributed by atoms with Crippen LogP contribution in [0.3, 0.4) is 0 Å². The zero-order valence-electron chi connectivity index (χ0n) is 6.94. The molecule has 2 heteroatoms. The van der Waals surface area contributed by atoms with E-state index in [2.05, 4.69) is 12.1 Å². The predicted molar refractivity (Wildman–Crippen MR) is 53.2 cm³/mol. The molecule has 2 aliphatic carbocycles. The van der Waals surface area contributed by atoms with Crippen LogP contribution in [0.2, 0.25) is 0 Å². The molecule has 0 aliphatic heterocycles. The van der Waals surface area contributed by atoms with Gasteiger partial charge in [-0.05, 0) is 17.0 Å². The molecule has 0 saturated heterocycles. The largest absolute Gasteiger partial charge is 0.293 e. The Morgan fingerprint density at radius 1 is 1.15 bits per heavy atom. The van der Waals surface area contributed by atoms with Crippen molar-refractivity contribution in [2.75, 3.05) is 0 Å². The minimum absolute atomic E-state index is 0.0902. The number of carbonyl (C=O) groups is 1. The van der Waals surface area contributed by atoms with E-state index >= 15 is 0 Å². The second-order valence-electron chi connectivity index (χ2n) is 3.39. The summed E-state index contributed by atoms with van der Waals surface area (Å²) in [7, 11) is 0. The van der Waals surface area contributed by atoms with Crippen molar-refractivity contribution >= 4 is 17.1 Å². The molecule has 0 amide bonds. The molecule has 1 aromatic heterocycles. The quantitative estimate of drug-likeness (QED) is 0.612. The molecule has 0 bridgehead atoms. The number of carbonyl (C=O) groups excluding carboxylic acids is 1. The number of ketones is 1. The summed E-state index contributed by atoms with van der Waals surface area (Å²) in [4.78, 5) is 12.8. The molecular weight excluding hydrogens is 180 g/mol. The molecule has 1 aromatic rings. The molecule has 0 radical (unpaired) electrons. The van der Waals surface area contributed by atoms with Crippen LogP contribution in [0.5, 0.6) is 0 Å². The Kier molecular flexibility index (Phi) is 1.35. The highest BCUT2D eigenvalue weighted by Crippen LogP contribution is 2.43. The Morgan fingerprint density at radius 3 is 2.77 bits per heavy atom. The van der Waals surface area contributed by atoms with Crippen molar-refractivity contribution in [3.63, 3.8) is 0 Å². The summed E-state index contributed by atoms with van der Waals surface area (Å²) < 4.78 is 0. The molecule has 1 heterocycles. The van der Waals surface area contributed by atoms with Crippen LogP contribution in [0.25, 0.3) is 0 Å². The van der Waals surface area contributed by atoms with E-state index < -0.39 is 0 Å². The van der Waals surface area contributed by atoms with Gasteiger partial charge in [0.25, 0.3) is 0 Å². The van der Waals surface area contributed by atoms with Crippen LogP contribution in [0.4, 0.5) is 0 Å². The first-order chi connectivity index (χ1) is 6.38. The third-order valence-corrected chi connectivity index (χ3v) is 3.66. The molecule has 64 valence electrons. The van der Waals surface area contributed by atoms with Gasteiger partial charge < -0.3 is 0 Å². The van der Waals surface area contributed by atoms with Gasteiger partial charge in [-0.1, -0.05) is 24.3 Å². The fourth-order valence-electron chi connectivity index (χ4n) is 2.09. The Labute approximate surface area is 80.4 Å². The predicted octanol–water partition coefficient (Wildman–Crippen LogP) is 2.77. The number of allylic oxidation sites excluding steroid dienone is 4. The van der Waals surface area contributed by atoms with Crippen LogP contribution >= 0.6 is 11.3 Å². The summed E-state index contributed by atoms with van der Waals surface area (Å²) in [5.41, 5.74) is 1.22. The van der Waals surface area contributed by atoms with Gasteiger partial charge in [0.2, 0.25) is 0 Å². The molecule has 2 unspecified atom stereocenters. The second-order valence-corrected chi connectivity index (χ2v) is 4.31. The molecule has 1 nitrogen and oxygen atoms in total. The lowest BCUT2D eigenvalue weighted by Crippen LogP contribution is -2.10. The average Bonchev–Trinajstić information content (AvgIpc) is 2.72. The summed E-state index contributed by atoms with van der Waals surface area (Å²) in [6.45, 7) is 0. The minimum atomic E-state index is 0.0902. The van der Waals surface area contributed by atoms with E-state index in [0.717, 1.165) is 4.88 Å². The number of Topliss-reactive ketones (excluding diaryl/α,β-unsaturated/α-hetero) is 1. The highest BCUT2D eigenvalue weighted by atomic mass is 32.1. The number of hydrogen-bond donors (Lipinski definition) is 0. The van der Waals surface area contributed by atoms with E-state index in [9.17, 15) is 4.79 Å². The summed E-state index contributed by atoms with van der Waals surface area (Å²) >= 11 is 1.57. The number of fused-ring (bicyclic) bond motifs is 3.